The fourth-order valence-corrected chi connectivity index (χ4v) is 2.29. The first kappa shape index (κ1) is 10.2. The molecule has 1 unspecified atom stereocenters. The molecule has 0 aliphatic carbocycles. The number of ether oxygens (including phenoxy) is 1. The molecule has 0 bridgehead atoms. The van der Waals surface area contributed by atoms with Crippen molar-refractivity contribution in [2.24, 2.45) is 0 Å². The molecular weight excluding hydrogens is 214 g/mol. The van der Waals surface area contributed by atoms with Crippen molar-refractivity contribution in [2.75, 3.05) is 0 Å². The Balaban J connectivity index is 2.20. The number of aliphatic carboxylic acids is 1. The van der Waals surface area contributed by atoms with Crippen LogP contribution in [0.5, 0.6) is 0 Å². The third-order valence-electron chi connectivity index (χ3n) is 2.44. The maximum atomic E-state index is 11.2. The first-order chi connectivity index (χ1) is 7.23. The molecular formula is C10H11NO3S. The van der Waals surface area contributed by atoms with Crippen LogP contribution in [0.2, 0.25) is 0 Å². The molecule has 1 aromatic rings. The molecule has 0 aromatic carbocycles. The van der Waals surface area contributed by atoms with Crippen LogP contribution in [0.15, 0.2) is 24.0 Å². The van der Waals surface area contributed by atoms with Gasteiger partial charge in [-0.1, -0.05) is 0 Å². The highest BCUT2D eigenvalue weighted by atomic mass is 32.1. The zero-order valence-corrected chi connectivity index (χ0v) is 8.87. The second kappa shape index (κ2) is 4.02. The number of rotatable bonds is 3. The molecule has 1 aromatic heterocycles. The number of allylic oxidation sites excluding steroid dienone is 1. The van der Waals surface area contributed by atoms with Crippen molar-refractivity contribution in [3.05, 3.63) is 28.9 Å². The standard InChI is InChI=1S/C10H11NO3S/c12-9(13)10(3-1-2-4-14-10)5-8-6-11-7-15-8/h2,4,6-7H,1,3,5H2,(H,12,13). The second-order valence-electron chi connectivity index (χ2n) is 3.47. The van der Waals surface area contributed by atoms with Crippen LogP contribution in [0.3, 0.4) is 0 Å². The number of carboxylic acid groups (broad SMARTS) is 1. The van der Waals surface area contributed by atoms with Crippen molar-refractivity contribution in [3.63, 3.8) is 0 Å². The molecule has 1 aliphatic heterocycles. The summed E-state index contributed by atoms with van der Waals surface area (Å²) in [6, 6.07) is 0. The zero-order chi connectivity index (χ0) is 10.7. The average molecular weight is 225 g/mol. The molecule has 1 N–H and O–H groups in total. The van der Waals surface area contributed by atoms with Gasteiger partial charge in [0.25, 0.3) is 0 Å². The monoisotopic (exact) mass is 225 g/mol. The summed E-state index contributed by atoms with van der Waals surface area (Å²) in [5.74, 6) is -0.903. The average Bonchev–Trinajstić information content (AvgIpc) is 2.71. The topological polar surface area (TPSA) is 59.4 Å². The molecule has 2 rings (SSSR count). The minimum atomic E-state index is -1.10. The van der Waals surface area contributed by atoms with E-state index >= 15 is 0 Å². The fraction of sp³-hybridized carbons (Fsp3) is 0.400. The molecule has 1 atom stereocenters. The van der Waals surface area contributed by atoms with Gasteiger partial charge in [-0.2, -0.15) is 0 Å². The van der Waals surface area contributed by atoms with Gasteiger partial charge in [0.05, 0.1) is 11.8 Å². The normalized spacial score (nSPS) is 24.8. The van der Waals surface area contributed by atoms with E-state index in [4.69, 9.17) is 4.74 Å². The lowest BCUT2D eigenvalue weighted by Crippen LogP contribution is -2.43. The molecule has 4 nitrogen and oxygen atoms in total. The summed E-state index contributed by atoms with van der Waals surface area (Å²) in [7, 11) is 0. The van der Waals surface area contributed by atoms with E-state index in [0.717, 1.165) is 11.3 Å². The molecule has 0 saturated carbocycles. The number of carboxylic acids is 1. The molecule has 5 heteroatoms. The van der Waals surface area contributed by atoms with Gasteiger partial charge in [-0.25, -0.2) is 4.79 Å². The summed E-state index contributed by atoms with van der Waals surface area (Å²) < 4.78 is 5.30. The van der Waals surface area contributed by atoms with E-state index in [1.165, 1.54) is 17.6 Å². The molecule has 15 heavy (non-hydrogen) atoms. The number of hydrogen-bond acceptors (Lipinski definition) is 4. The van der Waals surface area contributed by atoms with Gasteiger partial charge in [0.15, 0.2) is 0 Å². The molecule has 80 valence electrons. The summed E-state index contributed by atoms with van der Waals surface area (Å²) in [6.07, 6.45) is 6.66. The summed E-state index contributed by atoms with van der Waals surface area (Å²) in [5.41, 5.74) is 0.602. The number of carbonyl (C=O) groups is 1. The van der Waals surface area contributed by atoms with E-state index in [-0.39, 0.29) is 0 Å². The fourth-order valence-electron chi connectivity index (χ4n) is 1.60. The number of nitrogens with zero attached hydrogens (tertiary/aromatic N) is 1. The van der Waals surface area contributed by atoms with E-state index in [2.05, 4.69) is 4.98 Å². The van der Waals surface area contributed by atoms with Crippen molar-refractivity contribution in [1.29, 1.82) is 0 Å². The van der Waals surface area contributed by atoms with Crippen LogP contribution in [0.1, 0.15) is 17.7 Å². The molecule has 0 fully saturated rings. The van der Waals surface area contributed by atoms with E-state index in [9.17, 15) is 9.90 Å². The number of hydrogen-bond donors (Lipinski definition) is 1. The lowest BCUT2D eigenvalue weighted by atomic mass is 9.91. The van der Waals surface area contributed by atoms with Crippen LogP contribution in [-0.2, 0) is 16.0 Å². The van der Waals surface area contributed by atoms with E-state index in [1.54, 1.807) is 11.7 Å². The third-order valence-corrected chi connectivity index (χ3v) is 3.22. The molecule has 0 amide bonds. The molecule has 1 aliphatic rings. The first-order valence-electron chi connectivity index (χ1n) is 4.66. The Bertz CT molecular complexity index is 374. The Kier molecular flexibility index (Phi) is 2.73. The molecule has 0 saturated heterocycles. The highest BCUT2D eigenvalue weighted by Crippen LogP contribution is 2.29. The van der Waals surface area contributed by atoms with Gasteiger partial charge in [-0.3, -0.25) is 4.98 Å². The highest BCUT2D eigenvalue weighted by molar-refractivity contribution is 7.09. The smallest absolute Gasteiger partial charge is 0.348 e. The zero-order valence-electron chi connectivity index (χ0n) is 8.05. The highest BCUT2D eigenvalue weighted by Gasteiger charge is 2.41. The Morgan fingerprint density at radius 3 is 3.13 bits per heavy atom. The molecule has 0 radical (unpaired) electrons. The van der Waals surface area contributed by atoms with Gasteiger partial charge in [-0.05, 0) is 12.5 Å². The Morgan fingerprint density at radius 1 is 1.73 bits per heavy atom. The van der Waals surface area contributed by atoms with Crippen LogP contribution in [0.4, 0.5) is 0 Å². The van der Waals surface area contributed by atoms with Crippen LogP contribution in [-0.4, -0.2) is 21.7 Å². The summed E-state index contributed by atoms with van der Waals surface area (Å²) in [4.78, 5) is 16.1. The second-order valence-corrected chi connectivity index (χ2v) is 4.44. The van der Waals surface area contributed by atoms with Crippen LogP contribution in [0, 0.1) is 0 Å². The van der Waals surface area contributed by atoms with Crippen molar-refractivity contribution in [3.8, 4) is 0 Å². The molecule has 0 spiro atoms. The Morgan fingerprint density at radius 2 is 2.60 bits per heavy atom. The largest absolute Gasteiger partial charge is 0.483 e. The number of thiazole rings is 1. The van der Waals surface area contributed by atoms with Gasteiger partial charge < -0.3 is 9.84 Å². The lowest BCUT2D eigenvalue weighted by Gasteiger charge is -2.30. The molecule has 2 heterocycles. The Labute approximate surface area is 91.2 Å². The first-order valence-corrected chi connectivity index (χ1v) is 5.54. The van der Waals surface area contributed by atoms with Crippen LogP contribution in [0.25, 0.3) is 0 Å². The van der Waals surface area contributed by atoms with E-state index in [1.807, 2.05) is 6.08 Å². The van der Waals surface area contributed by atoms with Crippen LogP contribution >= 0.6 is 11.3 Å². The SMILES string of the molecule is O=C(O)C1(Cc2cncs2)CCC=CO1. The Hall–Kier alpha value is -1.36. The van der Waals surface area contributed by atoms with E-state index < -0.39 is 11.6 Å². The third kappa shape index (κ3) is 2.02. The lowest BCUT2D eigenvalue weighted by molar-refractivity contribution is -0.160. The number of aromatic nitrogens is 1. The van der Waals surface area contributed by atoms with Crippen molar-refractivity contribution in [1.82, 2.24) is 4.98 Å². The summed E-state index contributed by atoms with van der Waals surface area (Å²) in [5, 5.41) is 9.21. The van der Waals surface area contributed by atoms with Crippen molar-refractivity contribution >= 4 is 17.3 Å². The van der Waals surface area contributed by atoms with Crippen molar-refractivity contribution < 1.29 is 14.6 Å². The maximum absolute atomic E-state index is 11.2. The summed E-state index contributed by atoms with van der Waals surface area (Å²) >= 11 is 1.45. The summed E-state index contributed by atoms with van der Waals surface area (Å²) in [6.45, 7) is 0. The van der Waals surface area contributed by atoms with Crippen molar-refractivity contribution in [2.45, 2.75) is 24.9 Å². The maximum Gasteiger partial charge on any atom is 0.348 e. The van der Waals surface area contributed by atoms with E-state index in [0.29, 0.717) is 12.8 Å². The van der Waals surface area contributed by atoms with Gasteiger partial charge in [0, 0.05) is 23.9 Å². The minimum absolute atomic E-state index is 0.386. The van der Waals surface area contributed by atoms with Gasteiger partial charge in [-0.15, -0.1) is 11.3 Å². The van der Waals surface area contributed by atoms with Gasteiger partial charge in [0.1, 0.15) is 0 Å². The minimum Gasteiger partial charge on any atom is -0.483 e. The van der Waals surface area contributed by atoms with Gasteiger partial charge >= 0.3 is 5.97 Å². The predicted octanol–water partition coefficient (Wildman–Crippen LogP) is 1.83. The predicted molar refractivity (Wildman–Crippen MR) is 55.6 cm³/mol. The van der Waals surface area contributed by atoms with Gasteiger partial charge in [0.2, 0.25) is 5.60 Å². The van der Waals surface area contributed by atoms with Crippen LogP contribution < -0.4 is 0 Å². The quantitative estimate of drug-likeness (QED) is 0.852.